The zero-order valence-electron chi connectivity index (χ0n) is 13.7. The Kier molecular flexibility index (Phi) is 3.70. The van der Waals surface area contributed by atoms with E-state index in [4.69, 9.17) is 0 Å². The van der Waals surface area contributed by atoms with Crippen molar-refractivity contribution in [1.82, 2.24) is 14.8 Å². The lowest BCUT2D eigenvalue weighted by molar-refractivity contribution is 0.262. The highest BCUT2D eigenvalue weighted by atomic mass is 16.2. The minimum absolute atomic E-state index is 0.281. The minimum Gasteiger partial charge on any atom is -0.351 e. The van der Waals surface area contributed by atoms with Crippen molar-refractivity contribution < 1.29 is 4.79 Å². The van der Waals surface area contributed by atoms with Gasteiger partial charge in [-0.05, 0) is 42.5 Å². The fraction of sp³-hybridized carbons (Fsp3) is 0.0526. The number of fused-ring (bicyclic) bond motifs is 1. The van der Waals surface area contributed by atoms with Gasteiger partial charge in [0.05, 0.1) is 5.69 Å². The van der Waals surface area contributed by atoms with E-state index in [2.05, 4.69) is 20.8 Å². The first-order chi connectivity index (χ1) is 12.2. The molecule has 0 aliphatic carbocycles. The number of benzene rings is 2. The summed E-state index contributed by atoms with van der Waals surface area (Å²) in [5, 5.41) is 13.7. The van der Waals surface area contributed by atoms with Crippen LogP contribution in [0, 0.1) is 0 Å². The van der Waals surface area contributed by atoms with Crippen LogP contribution in [0.1, 0.15) is 0 Å². The molecule has 0 fully saturated rings. The van der Waals surface area contributed by atoms with Crippen LogP contribution in [-0.2, 0) is 7.05 Å². The molecule has 4 aromatic rings. The van der Waals surface area contributed by atoms with Gasteiger partial charge in [0.2, 0.25) is 0 Å². The van der Waals surface area contributed by atoms with Gasteiger partial charge in [0.1, 0.15) is 0 Å². The summed E-state index contributed by atoms with van der Waals surface area (Å²) < 4.78 is 2.04. The lowest BCUT2D eigenvalue weighted by atomic mass is 10.1. The van der Waals surface area contributed by atoms with E-state index >= 15 is 0 Å². The molecule has 6 nitrogen and oxygen atoms in total. The molecule has 0 unspecified atom stereocenters. The molecule has 0 saturated carbocycles. The van der Waals surface area contributed by atoms with Gasteiger partial charge in [0, 0.05) is 47.3 Å². The number of hydrogen-bond acceptors (Lipinski definition) is 2. The maximum Gasteiger partial charge on any atom is 0.323 e. The smallest absolute Gasteiger partial charge is 0.323 e. The number of carbonyl (C=O) groups is 1. The predicted octanol–water partition coefficient (Wildman–Crippen LogP) is 4.21. The molecule has 0 saturated heterocycles. The fourth-order valence-electron chi connectivity index (χ4n) is 2.83. The van der Waals surface area contributed by atoms with E-state index in [0.29, 0.717) is 5.69 Å². The molecular weight excluding hydrogens is 314 g/mol. The van der Waals surface area contributed by atoms with E-state index < -0.39 is 0 Å². The molecule has 4 rings (SSSR count). The number of nitrogens with one attached hydrogen (secondary N) is 3. The number of aromatic amines is 1. The van der Waals surface area contributed by atoms with Crippen LogP contribution >= 0.6 is 0 Å². The van der Waals surface area contributed by atoms with E-state index in [1.54, 1.807) is 6.20 Å². The van der Waals surface area contributed by atoms with Gasteiger partial charge in [-0.3, -0.25) is 5.10 Å². The number of urea groups is 1. The van der Waals surface area contributed by atoms with Crippen LogP contribution in [0.15, 0.2) is 67.0 Å². The summed E-state index contributed by atoms with van der Waals surface area (Å²) in [6.45, 7) is 0. The van der Waals surface area contributed by atoms with E-state index in [0.717, 1.165) is 27.8 Å². The zero-order chi connectivity index (χ0) is 17.2. The van der Waals surface area contributed by atoms with Gasteiger partial charge < -0.3 is 15.2 Å². The maximum atomic E-state index is 12.3. The molecule has 2 aromatic carbocycles. The van der Waals surface area contributed by atoms with Gasteiger partial charge in [0.25, 0.3) is 0 Å². The third-order valence-electron chi connectivity index (χ3n) is 4.08. The Balaban J connectivity index is 1.49. The number of aryl methyl sites for hydroxylation is 1. The summed E-state index contributed by atoms with van der Waals surface area (Å²) in [6, 6.07) is 17.1. The molecule has 2 amide bonds. The molecule has 0 atom stereocenters. The Morgan fingerprint density at radius 1 is 1.04 bits per heavy atom. The summed E-state index contributed by atoms with van der Waals surface area (Å²) >= 11 is 0. The first-order valence-electron chi connectivity index (χ1n) is 7.92. The van der Waals surface area contributed by atoms with Gasteiger partial charge in [-0.15, -0.1) is 0 Å². The summed E-state index contributed by atoms with van der Waals surface area (Å²) in [5.74, 6) is 0. The van der Waals surface area contributed by atoms with Crippen molar-refractivity contribution in [2.45, 2.75) is 0 Å². The number of aromatic nitrogens is 3. The molecule has 3 N–H and O–H groups in total. The van der Waals surface area contributed by atoms with Gasteiger partial charge in [-0.25, -0.2) is 4.79 Å². The second kappa shape index (κ2) is 6.16. The Labute approximate surface area is 144 Å². The van der Waals surface area contributed by atoms with Crippen LogP contribution < -0.4 is 10.6 Å². The molecule has 0 aliphatic rings. The minimum atomic E-state index is -0.281. The molecule has 6 heteroatoms. The molecule has 0 aliphatic heterocycles. The van der Waals surface area contributed by atoms with Gasteiger partial charge >= 0.3 is 6.03 Å². The van der Waals surface area contributed by atoms with Crippen molar-refractivity contribution in [2.24, 2.45) is 7.05 Å². The molecule has 124 valence electrons. The van der Waals surface area contributed by atoms with E-state index in [9.17, 15) is 4.79 Å². The fourth-order valence-corrected chi connectivity index (χ4v) is 2.83. The molecule has 2 aromatic heterocycles. The lowest BCUT2D eigenvalue weighted by Crippen LogP contribution is -2.19. The second-order valence-corrected chi connectivity index (χ2v) is 5.83. The van der Waals surface area contributed by atoms with Crippen molar-refractivity contribution in [2.75, 3.05) is 10.6 Å². The molecular formula is C19H17N5O. The highest BCUT2D eigenvalue weighted by Crippen LogP contribution is 2.22. The Morgan fingerprint density at radius 2 is 1.88 bits per heavy atom. The van der Waals surface area contributed by atoms with Crippen molar-refractivity contribution in [1.29, 1.82) is 0 Å². The number of anilines is 2. The number of nitrogens with zero attached hydrogens (tertiary/aromatic N) is 2. The van der Waals surface area contributed by atoms with Crippen molar-refractivity contribution >= 4 is 28.3 Å². The lowest BCUT2D eigenvalue weighted by Gasteiger charge is -2.09. The average Bonchev–Trinajstić information content (AvgIpc) is 3.25. The van der Waals surface area contributed by atoms with Crippen molar-refractivity contribution in [3.8, 4) is 11.3 Å². The Morgan fingerprint density at radius 3 is 2.68 bits per heavy atom. The summed E-state index contributed by atoms with van der Waals surface area (Å²) in [5.41, 5.74) is 4.45. The molecule has 2 heterocycles. The second-order valence-electron chi connectivity index (χ2n) is 5.83. The number of carbonyl (C=O) groups excluding carboxylic acids is 1. The summed E-state index contributed by atoms with van der Waals surface area (Å²) in [6.07, 6.45) is 3.69. The van der Waals surface area contributed by atoms with Gasteiger partial charge in [-0.1, -0.05) is 12.1 Å². The molecule has 0 spiro atoms. The standard InChI is InChI=1S/C19H17N5O/c1-24-10-8-14-12-16(5-6-18(14)24)22-19(25)21-15-4-2-3-13(11-15)17-7-9-20-23-17/h2-12H,1H3,(H,20,23)(H2,21,22,25). The summed E-state index contributed by atoms with van der Waals surface area (Å²) in [4.78, 5) is 12.3. The largest absolute Gasteiger partial charge is 0.351 e. The van der Waals surface area contributed by atoms with Crippen molar-refractivity contribution in [3.63, 3.8) is 0 Å². The number of rotatable bonds is 3. The average molecular weight is 331 g/mol. The van der Waals surface area contributed by atoms with E-state index in [1.165, 1.54) is 0 Å². The maximum absolute atomic E-state index is 12.3. The SMILES string of the molecule is Cn1ccc2cc(NC(=O)Nc3cccc(-c4ccn[nH]4)c3)ccc21. The van der Waals surface area contributed by atoms with E-state index in [-0.39, 0.29) is 6.03 Å². The topological polar surface area (TPSA) is 74.7 Å². The molecule has 0 bridgehead atoms. The van der Waals surface area contributed by atoms with Gasteiger partial charge in [0.15, 0.2) is 0 Å². The van der Waals surface area contributed by atoms with E-state index in [1.807, 2.05) is 72.4 Å². The normalized spacial score (nSPS) is 10.8. The highest BCUT2D eigenvalue weighted by molar-refractivity contribution is 6.01. The first kappa shape index (κ1) is 15.0. The van der Waals surface area contributed by atoms with Gasteiger partial charge in [-0.2, -0.15) is 5.10 Å². The quantitative estimate of drug-likeness (QED) is 0.526. The third-order valence-corrected chi connectivity index (χ3v) is 4.08. The van der Waals surface area contributed by atoms with Crippen LogP contribution in [0.2, 0.25) is 0 Å². The molecule has 0 radical (unpaired) electrons. The number of H-pyrrole nitrogens is 1. The summed E-state index contributed by atoms with van der Waals surface area (Å²) in [7, 11) is 1.99. The van der Waals surface area contributed by atoms with Crippen molar-refractivity contribution in [3.05, 3.63) is 67.0 Å². The Bertz CT molecular complexity index is 1030. The monoisotopic (exact) mass is 331 g/mol. The van der Waals surface area contributed by atoms with Crippen LogP contribution in [0.4, 0.5) is 16.2 Å². The number of amides is 2. The van der Waals surface area contributed by atoms with Crippen LogP contribution in [0.5, 0.6) is 0 Å². The third kappa shape index (κ3) is 3.10. The Hall–Kier alpha value is -3.54. The zero-order valence-corrected chi connectivity index (χ0v) is 13.7. The molecule has 25 heavy (non-hydrogen) atoms. The van der Waals surface area contributed by atoms with Crippen LogP contribution in [-0.4, -0.2) is 20.8 Å². The predicted molar refractivity (Wildman–Crippen MR) is 99.6 cm³/mol. The highest BCUT2D eigenvalue weighted by Gasteiger charge is 2.06. The number of hydrogen-bond donors (Lipinski definition) is 3. The van der Waals surface area contributed by atoms with Crippen LogP contribution in [0.25, 0.3) is 22.2 Å². The van der Waals surface area contributed by atoms with Crippen LogP contribution in [0.3, 0.4) is 0 Å². The first-order valence-corrected chi connectivity index (χ1v) is 7.92.